The second kappa shape index (κ2) is 12.4. The lowest BCUT2D eigenvalue weighted by Crippen LogP contribution is -2.43. The number of carbonyl (C=O) groups is 1. The van der Waals surface area contributed by atoms with Crippen molar-refractivity contribution in [3.8, 4) is 11.5 Å². The van der Waals surface area contributed by atoms with E-state index in [1.54, 1.807) is 16.6 Å². The summed E-state index contributed by atoms with van der Waals surface area (Å²) in [5, 5.41) is 3.88. The number of rotatable bonds is 8. The fourth-order valence-electron chi connectivity index (χ4n) is 6.20. The average molecular weight is 620 g/mol. The molecule has 1 aliphatic rings. The van der Waals surface area contributed by atoms with Crippen LogP contribution in [0.4, 0.5) is 0 Å². The number of fused-ring (bicyclic) bond motifs is 3. The zero-order chi connectivity index (χ0) is 31.8. The van der Waals surface area contributed by atoms with Gasteiger partial charge in [0.1, 0.15) is 17.5 Å². The molecule has 0 bridgehead atoms. The van der Waals surface area contributed by atoms with E-state index in [4.69, 9.17) is 14.5 Å². The molecule has 0 saturated heterocycles. The highest BCUT2D eigenvalue weighted by Crippen LogP contribution is 2.40. The first-order valence-corrected chi connectivity index (χ1v) is 16.1. The van der Waals surface area contributed by atoms with Crippen molar-refractivity contribution in [3.05, 3.63) is 115 Å². The maximum absolute atomic E-state index is 14.5. The number of ether oxygens (including phenoxy) is 2. The first kappa shape index (κ1) is 30.3. The average Bonchev–Trinajstić information content (AvgIpc) is 3.35. The monoisotopic (exact) mass is 619 g/mol. The summed E-state index contributed by atoms with van der Waals surface area (Å²) in [7, 11) is 1.62. The maximum Gasteiger partial charge on any atom is 0.271 e. The number of benzene rings is 4. The van der Waals surface area contributed by atoms with Crippen LogP contribution in [0.25, 0.3) is 27.6 Å². The summed E-state index contributed by atoms with van der Waals surface area (Å²) in [5.74, 6) is 1.28. The Balaban J connectivity index is 1.64. The van der Waals surface area contributed by atoms with Gasteiger partial charge in [0.2, 0.25) is 0 Å². The van der Waals surface area contributed by atoms with E-state index >= 15 is 0 Å². The Labute approximate surface area is 266 Å². The Morgan fingerprint density at radius 1 is 0.956 bits per heavy atom. The van der Waals surface area contributed by atoms with E-state index in [1.807, 2.05) is 113 Å². The van der Waals surface area contributed by atoms with Gasteiger partial charge < -0.3 is 14.4 Å². The Bertz CT molecular complexity index is 2150. The lowest BCUT2D eigenvalue weighted by atomic mass is 9.90. The molecule has 0 spiro atoms. The lowest BCUT2D eigenvalue weighted by Gasteiger charge is -2.30. The van der Waals surface area contributed by atoms with Crippen LogP contribution in [0.5, 0.6) is 11.5 Å². The van der Waals surface area contributed by atoms with Crippen molar-refractivity contribution in [2.75, 3.05) is 20.2 Å². The van der Waals surface area contributed by atoms with Crippen molar-refractivity contribution < 1.29 is 14.3 Å². The molecule has 2 heterocycles. The number of aromatic nitrogens is 1. The molecule has 4 aromatic carbocycles. The van der Waals surface area contributed by atoms with E-state index < -0.39 is 6.04 Å². The summed E-state index contributed by atoms with van der Waals surface area (Å²) in [4.78, 5) is 35.9. The van der Waals surface area contributed by atoms with Crippen molar-refractivity contribution in [2.24, 2.45) is 4.99 Å². The van der Waals surface area contributed by atoms with Crippen LogP contribution in [0.15, 0.2) is 93.9 Å². The summed E-state index contributed by atoms with van der Waals surface area (Å²) in [6.45, 7) is 10.9. The molecule has 0 fully saturated rings. The van der Waals surface area contributed by atoms with Crippen LogP contribution in [-0.4, -0.2) is 41.7 Å². The van der Waals surface area contributed by atoms with Crippen LogP contribution in [0.1, 0.15) is 51.8 Å². The minimum atomic E-state index is -0.726. The summed E-state index contributed by atoms with van der Waals surface area (Å²) < 4.78 is 14.2. The van der Waals surface area contributed by atoms with Gasteiger partial charge in [0.25, 0.3) is 11.5 Å². The molecule has 1 atom stereocenters. The number of amides is 1. The summed E-state index contributed by atoms with van der Waals surface area (Å²) in [6.07, 6.45) is 1.96. The standard InChI is InChI=1S/C37H37N3O4S/c1-7-39(8-2)36(42)32-23(5)38-37-40(34(32)33-27-15-10-9-13-24(27)17-20-30(33)43-6)35(41)31(45-37)21-25-18-19-29(44-22(3)4)28-16-12-11-14-26(25)28/h9-22,34H,7-8H2,1-6H3/b31-21+/t34-/m1/s1. The number of thiazole rings is 1. The number of allylic oxidation sites excluding steroid dienone is 1. The molecule has 1 aromatic heterocycles. The van der Waals surface area contributed by atoms with Crippen LogP contribution < -0.4 is 24.4 Å². The number of likely N-dealkylation sites (N-methyl/N-ethyl adjacent to an activating group) is 1. The molecule has 230 valence electrons. The van der Waals surface area contributed by atoms with Crippen molar-refractivity contribution in [1.82, 2.24) is 9.47 Å². The zero-order valence-electron chi connectivity index (χ0n) is 26.5. The lowest BCUT2D eigenvalue weighted by molar-refractivity contribution is -0.127. The smallest absolute Gasteiger partial charge is 0.271 e. The maximum atomic E-state index is 14.5. The molecule has 0 N–H and O–H groups in total. The molecule has 6 rings (SSSR count). The molecule has 0 aliphatic carbocycles. The SMILES string of the molecule is CCN(CC)C(=O)C1=C(C)N=c2s/c(=C/c3ccc(OC(C)C)c4ccccc34)c(=O)n2[C@H]1c1c(OC)ccc2ccccc12. The Kier molecular flexibility index (Phi) is 8.34. The minimum Gasteiger partial charge on any atom is -0.496 e. The Hall–Kier alpha value is -4.69. The molecule has 5 aromatic rings. The van der Waals surface area contributed by atoms with E-state index in [-0.39, 0.29) is 17.6 Å². The van der Waals surface area contributed by atoms with Crippen molar-refractivity contribution in [1.29, 1.82) is 0 Å². The second-order valence-electron chi connectivity index (χ2n) is 11.3. The molecule has 7 nitrogen and oxygen atoms in total. The summed E-state index contributed by atoms with van der Waals surface area (Å²) >= 11 is 1.33. The Morgan fingerprint density at radius 3 is 2.31 bits per heavy atom. The number of nitrogens with zero attached hydrogens (tertiary/aromatic N) is 3. The highest BCUT2D eigenvalue weighted by Gasteiger charge is 2.36. The van der Waals surface area contributed by atoms with Crippen LogP contribution in [0, 0.1) is 0 Å². The molecule has 1 amide bonds. The van der Waals surface area contributed by atoms with Crippen molar-refractivity contribution >= 4 is 44.9 Å². The molecule has 0 saturated carbocycles. The zero-order valence-corrected chi connectivity index (χ0v) is 27.3. The van der Waals surface area contributed by atoms with Crippen LogP contribution in [0.3, 0.4) is 0 Å². The fraction of sp³-hybridized carbons (Fsp3) is 0.270. The fourth-order valence-corrected chi connectivity index (χ4v) is 7.24. The molecule has 0 unspecified atom stereocenters. The normalized spacial score (nSPS) is 15.0. The van der Waals surface area contributed by atoms with Gasteiger partial charge in [0.15, 0.2) is 4.80 Å². The number of hydrogen-bond acceptors (Lipinski definition) is 6. The third kappa shape index (κ3) is 5.33. The predicted molar refractivity (Wildman–Crippen MR) is 182 cm³/mol. The first-order chi connectivity index (χ1) is 21.8. The first-order valence-electron chi connectivity index (χ1n) is 15.3. The minimum absolute atomic E-state index is 0.0329. The quantitative estimate of drug-likeness (QED) is 0.207. The number of methoxy groups -OCH3 is 1. The van der Waals surface area contributed by atoms with Gasteiger partial charge in [-0.2, -0.15) is 0 Å². The Morgan fingerprint density at radius 2 is 1.62 bits per heavy atom. The molecule has 1 aliphatic heterocycles. The van der Waals surface area contributed by atoms with Gasteiger partial charge in [-0.25, -0.2) is 4.99 Å². The third-order valence-electron chi connectivity index (χ3n) is 8.29. The van der Waals surface area contributed by atoms with Gasteiger partial charge in [-0.05, 0) is 74.5 Å². The van der Waals surface area contributed by atoms with Gasteiger partial charge in [-0.1, -0.05) is 72.0 Å². The number of hydrogen-bond donors (Lipinski definition) is 0. The van der Waals surface area contributed by atoms with Gasteiger partial charge in [0, 0.05) is 24.0 Å². The second-order valence-corrected chi connectivity index (χ2v) is 12.3. The summed E-state index contributed by atoms with van der Waals surface area (Å²) in [5.41, 5.74) is 2.55. The highest BCUT2D eigenvalue weighted by molar-refractivity contribution is 7.07. The van der Waals surface area contributed by atoms with Gasteiger partial charge >= 0.3 is 0 Å². The highest BCUT2D eigenvalue weighted by atomic mass is 32.1. The van der Waals surface area contributed by atoms with E-state index in [0.29, 0.717) is 39.4 Å². The van der Waals surface area contributed by atoms with Crippen LogP contribution >= 0.6 is 11.3 Å². The molecule has 8 heteroatoms. The topological polar surface area (TPSA) is 73.1 Å². The molecular formula is C37H37N3O4S. The predicted octanol–water partition coefficient (Wildman–Crippen LogP) is 6.21. The van der Waals surface area contributed by atoms with E-state index in [0.717, 1.165) is 38.4 Å². The molecule has 45 heavy (non-hydrogen) atoms. The molecular weight excluding hydrogens is 582 g/mol. The largest absolute Gasteiger partial charge is 0.496 e. The van der Waals surface area contributed by atoms with Crippen LogP contribution in [0.2, 0.25) is 0 Å². The molecule has 0 radical (unpaired) electrons. The van der Waals surface area contributed by atoms with Gasteiger partial charge in [-0.3, -0.25) is 14.2 Å². The van der Waals surface area contributed by atoms with E-state index in [2.05, 4.69) is 0 Å². The summed E-state index contributed by atoms with van der Waals surface area (Å²) in [6, 6.07) is 23.2. The van der Waals surface area contributed by atoms with Crippen molar-refractivity contribution in [3.63, 3.8) is 0 Å². The van der Waals surface area contributed by atoms with E-state index in [9.17, 15) is 9.59 Å². The third-order valence-corrected chi connectivity index (χ3v) is 9.28. The number of carbonyl (C=O) groups excluding carboxylic acids is 1. The van der Waals surface area contributed by atoms with Crippen molar-refractivity contribution in [2.45, 2.75) is 46.8 Å². The van der Waals surface area contributed by atoms with Gasteiger partial charge in [-0.15, -0.1) is 0 Å². The van der Waals surface area contributed by atoms with E-state index in [1.165, 1.54) is 11.3 Å². The van der Waals surface area contributed by atoms with Gasteiger partial charge in [0.05, 0.1) is 29.0 Å². The van der Waals surface area contributed by atoms with Crippen LogP contribution in [-0.2, 0) is 4.79 Å².